The second-order valence-corrected chi connectivity index (χ2v) is 6.49. The van der Waals surface area contributed by atoms with E-state index in [9.17, 15) is 9.90 Å². The van der Waals surface area contributed by atoms with Crippen molar-refractivity contribution >= 4 is 5.91 Å². The lowest BCUT2D eigenvalue weighted by atomic mass is 9.91. The van der Waals surface area contributed by atoms with Crippen molar-refractivity contribution in [3.8, 4) is 0 Å². The molecule has 21 heavy (non-hydrogen) atoms. The average Bonchev–Trinajstić information content (AvgIpc) is 2.76. The summed E-state index contributed by atoms with van der Waals surface area (Å²) < 4.78 is 5.04. The van der Waals surface area contributed by atoms with Gasteiger partial charge in [0.15, 0.2) is 5.60 Å². The largest absolute Gasteiger partial charge is 0.383 e. The molecule has 2 aliphatic rings. The third-order valence-corrected chi connectivity index (χ3v) is 4.81. The van der Waals surface area contributed by atoms with Crippen LogP contribution in [0.25, 0.3) is 0 Å². The summed E-state index contributed by atoms with van der Waals surface area (Å²) in [6.45, 7) is 2.22. The highest BCUT2D eigenvalue weighted by molar-refractivity contribution is 5.86. The maximum atomic E-state index is 12.5. The van der Waals surface area contributed by atoms with Gasteiger partial charge in [-0.25, -0.2) is 0 Å². The topological polar surface area (TPSA) is 61.8 Å². The van der Waals surface area contributed by atoms with Gasteiger partial charge in [-0.2, -0.15) is 0 Å². The lowest BCUT2D eigenvalue weighted by Gasteiger charge is -2.39. The minimum Gasteiger partial charge on any atom is -0.383 e. The van der Waals surface area contributed by atoms with Gasteiger partial charge in [0.05, 0.1) is 6.61 Å². The Balaban J connectivity index is 1.85. The number of rotatable bonds is 6. The van der Waals surface area contributed by atoms with Crippen molar-refractivity contribution in [2.45, 2.75) is 63.0 Å². The van der Waals surface area contributed by atoms with Gasteiger partial charge in [-0.15, -0.1) is 0 Å². The Labute approximate surface area is 128 Å². The van der Waals surface area contributed by atoms with Gasteiger partial charge in [-0.05, 0) is 25.7 Å². The molecule has 1 heterocycles. The van der Waals surface area contributed by atoms with E-state index in [1.54, 1.807) is 12.0 Å². The summed E-state index contributed by atoms with van der Waals surface area (Å²) in [6.07, 6.45) is 8.88. The van der Waals surface area contributed by atoms with Crippen LogP contribution in [0.15, 0.2) is 0 Å². The summed E-state index contributed by atoms with van der Waals surface area (Å²) in [7, 11) is 1.63. The SMILES string of the molecule is COCCN1CCC[C@@](O)(CNC2CCCCCC2)C1=O. The van der Waals surface area contributed by atoms with Gasteiger partial charge in [-0.3, -0.25) is 4.79 Å². The molecule has 1 saturated heterocycles. The monoisotopic (exact) mass is 298 g/mol. The zero-order valence-electron chi connectivity index (χ0n) is 13.3. The number of hydrogen-bond donors (Lipinski definition) is 2. The van der Waals surface area contributed by atoms with Gasteiger partial charge in [0.1, 0.15) is 0 Å². The molecule has 0 aromatic heterocycles. The van der Waals surface area contributed by atoms with Crippen molar-refractivity contribution in [2.75, 3.05) is 33.4 Å². The smallest absolute Gasteiger partial charge is 0.255 e. The number of hydrogen-bond acceptors (Lipinski definition) is 4. The second kappa shape index (κ2) is 8.11. The fourth-order valence-corrected chi connectivity index (χ4v) is 3.44. The minimum absolute atomic E-state index is 0.132. The third-order valence-electron chi connectivity index (χ3n) is 4.81. The van der Waals surface area contributed by atoms with Crippen LogP contribution in [0.4, 0.5) is 0 Å². The number of amides is 1. The van der Waals surface area contributed by atoms with Crippen molar-refractivity contribution in [2.24, 2.45) is 0 Å². The van der Waals surface area contributed by atoms with Crippen LogP contribution in [0.3, 0.4) is 0 Å². The number of likely N-dealkylation sites (tertiary alicyclic amines) is 1. The van der Waals surface area contributed by atoms with Crippen LogP contribution in [0, 0.1) is 0 Å². The molecule has 5 nitrogen and oxygen atoms in total. The van der Waals surface area contributed by atoms with Crippen LogP contribution in [-0.2, 0) is 9.53 Å². The molecule has 1 amide bonds. The van der Waals surface area contributed by atoms with Crippen LogP contribution >= 0.6 is 0 Å². The van der Waals surface area contributed by atoms with Gasteiger partial charge in [-0.1, -0.05) is 25.7 Å². The molecule has 0 spiro atoms. The summed E-state index contributed by atoms with van der Waals surface area (Å²) in [5.74, 6) is -0.132. The van der Waals surface area contributed by atoms with Crippen LogP contribution in [0.5, 0.6) is 0 Å². The van der Waals surface area contributed by atoms with Gasteiger partial charge < -0.3 is 20.1 Å². The molecule has 0 bridgehead atoms. The Morgan fingerprint density at radius 1 is 1.29 bits per heavy atom. The van der Waals surface area contributed by atoms with E-state index < -0.39 is 5.60 Å². The fraction of sp³-hybridized carbons (Fsp3) is 0.938. The van der Waals surface area contributed by atoms with Crippen LogP contribution in [0.1, 0.15) is 51.4 Å². The second-order valence-electron chi connectivity index (χ2n) is 6.49. The molecular formula is C16H30N2O3. The van der Waals surface area contributed by atoms with Gasteiger partial charge in [0, 0.05) is 32.8 Å². The average molecular weight is 298 g/mol. The summed E-state index contributed by atoms with van der Waals surface area (Å²) >= 11 is 0. The summed E-state index contributed by atoms with van der Waals surface area (Å²) in [6, 6.07) is 0.457. The lowest BCUT2D eigenvalue weighted by molar-refractivity contribution is -0.157. The highest BCUT2D eigenvalue weighted by atomic mass is 16.5. The zero-order chi connectivity index (χ0) is 15.1. The first-order valence-electron chi connectivity index (χ1n) is 8.40. The Kier molecular flexibility index (Phi) is 6.45. The fourth-order valence-electron chi connectivity index (χ4n) is 3.44. The van der Waals surface area contributed by atoms with E-state index in [1.165, 1.54) is 25.7 Å². The van der Waals surface area contributed by atoms with Crippen molar-refractivity contribution in [3.05, 3.63) is 0 Å². The number of nitrogens with zero attached hydrogens (tertiary/aromatic N) is 1. The number of nitrogens with one attached hydrogen (secondary N) is 1. The van der Waals surface area contributed by atoms with E-state index >= 15 is 0 Å². The Morgan fingerprint density at radius 2 is 2.00 bits per heavy atom. The van der Waals surface area contributed by atoms with E-state index in [2.05, 4.69) is 5.32 Å². The Bertz CT molecular complexity index is 329. The molecule has 1 atom stereocenters. The molecule has 0 aromatic rings. The van der Waals surface area contributed by atoms with Crippen LogP contribution < -0.4 is 5.32 Å². The summed E-state index contributed by atoms with van der Waals surface area (Å²) in [5, 5.41) is 14.2. The van der Waals surface area contributed by atoms with Crippen molar-refractivity contribution in [1.29, 1.82) is 0 Å². The molecular weight excluding hydrogens is 268 g/mol. The van der Waals surface area contributed by atoms with E-state index in [1.807, 2.05) is 0 Å². The van der Waals surface area contributed by atoms with Gasteiger partial charge in [0.25, 0.3) is 5.91 Å². The van der Waals surface area contributed by atoms with Crippen molar-refractivity contribution in [3.63, 3.8) is 0 Å². The summed E-state index contributed by atoms with van der Waals surface area (Å²) in [4.78, 5) is 14.2. The Morgan fingerprint density at radius 3 is 2.67 bits per heavy atom. The predicted octanol–water partition coefficient (Wildman–Crippen LogP) is 1.30. The summed E-state index contributed by atoms with van der Waals surface area (Å²) in [5.41, 5.74) is -1.22. The first-order valence-corrected chi connectivity index (χ1v) is 8.40. The van der Waals surface area contributed by atoms with Crippen LogP contribution in [-0.4, -0.2) is 60.9 Å². The zero-order valence-corrected chi connectivity index (χ0v) is 13.3. The van der Waals surface area contributed by atoms with Crippen molar-refractivity contribution in [1.82, 2.24) is 10.2 Å². The highest BCUT2D eigenvalue weighted by Crippen LogP contribution is 2.23. The number of methoxy groups -OCH3 is 1. The standard InChI is InChI=1S/C16H30N2O3/c1-21-12-11-18-10-6-9-16(20,15(18)19)13-17-14-7-4-2-3-5-8-14/h14,17,20H,2-13H2,1H3/t16-/m1/s1. The molecule has 1 aliphatic heterocycles. The van der Waals surface area contributed by atoms with E-state index in [4.69, 9.17) is 4.74 Å². The molecule has 1 aliphatic carbocycles. The van der Waals surface area contributed by atoms with Gasteiger partial charge in [0.2, 0.25) is 0 Å². The van der Waals surface area contributed by atoms with Crippen molar-refractivity contribution < 1.29 is 14.6 Å². The molecule has 0 radical (unpaired) electrons. The normalized spacial score (nSPS) is 28.7. The number of carbonyl (C=O) groups is 1. The molecule has 122 valence electrons. The number of aliphatic hydroxyl groups is 1. The molecule has 2 fully saturated rings. The quantitative estimate of drug-likeness (QED) is 0.726. The minimum atomic E-state index is -1.22. The number of ether oxygens (including phenoxy) is 1. The maximum Gasteiger partial charge on any atom is 0.255 e. The Hall–Kier alpha value is -0.650. The van der Waals surface area contributed by atoms with Gasteiger partial charge >= 0.3 is 0 Å². The molecule has 2 rings (SSSR count). The molecule has 0 aromatic carbocycles. The lowest BCUT2D eigenvalue weighted by Crippen LogP contribution is -2.59. The van der Waals surface area contributed by atoms with E-state index in [-0.39, 0.29) is 5.91 Å². The first-order chi connectivity index (χ1) is 10.2. The number of carbonyl (C=O) groups excluding carboxylic acids is 1. The molecule has 2 N–H and O–H groups in total. The maximum absolute atomic E-state index is 12.5. The third kappa shape index (κ3) is 4.66. The molecule has 1 saturated carbocycles. The predicted molar refractivity (Wildman–Crippen MR) is 82.1 cm³/mol. The highest BCUT2D eigenvalue weighted by Gasteiger charge is 2.42. The van der Waals surface area contributed by atoms with E-state index in [0.29, 0.717) is 32.2 Å². The van der Waals surface area contributed by atoms with E-state index in [0.717, 1.165) is 25.8 Å². The first kappa shape index (κ1) is 16.7. The number of piperidine rings is 1. The van der Waals surface area contributed by atoms with Crippen LogP contribution in [0.2, 0.25) is 0 Å². The molecule has 0 unspecified atom stereocenters. The molecule has 5 heteroatoms.